The summed E-state index contributed by atoms with van der Waals surface area (Å²) in [5.74, 6) is -2.59. The summed E-state index contributed by atoms with van der Waals surface area (Å²) in [6, 6.07) is 23.0. The van der Waals surface area contributed by atoms with Gasteiger partial charge < -0.3 is 40.8 Å². The van der Waals surface area contributed by atoms with Crippen molar-refractivity contribution in [2.45, 2.75) is 96.2 Å². The van der Waals surface area contributed by atoms with E-state index in [0.29, 0.717) is 12.8 Å². The summed E-state index contributed by atoms with van der Waals surface area (Å²) < 4.78 is 15.5. The van der Waals surface area contributed by atoms with Gasteiger partial charge in [-0.15, -0.1) is 0 Å². The third kappa shape index (κ3) is 16.7. The van der Waals surface area contributed by atoms with E-state index in [1.165, 1.54) is 14.0 Å². The second-order valence-corrected chi connectivity index (χ2v) is 13.9. The van der Waals surface area contributed by atoms with Crippen molar-refractivity contribution < 1.29 is 43.0 Å². The highest BCUT2D eigenvalue weighted by molar-refractivity contribution is 5.94. The standard InChI is InChI=1S/C41H53N5O9/c1-28(35(47)44-33(25-29-17-9-6-10-18-29)37(49)45-34(38(50)53-5)26-30-19-11-7-12-20-30)43-36(48)32(46-40(52)55-41(2,3)4)23-15-16-24-42-39(51)54-27-31-21-13-8-14-22-31/h6-14,17-22,28,32-34H,15-16,23-27H2,1-5H3,(H,42,51)(H,43,48)(H,44,47)(H,45,49)(H,46,52). The van der Waals surface area contributed by atoms with Gasteiger partial charge in [-0.25, -0.2) is 14.4 Å². The third-order valence-electron chi connectivity index (χ3n) is 8.16. The molecule has 0 heterocycles. The minimum absolute atomic E-state index is 0.0922. The summed E-state index contributed by atoms with van der Waals surface area (Å²) in [4.78, 5) is 78.2. The van der Waals surface area contributed by atoms with Crippen LogP contribution in [0.2, 0.25) is 0 Å². The molecule has 14 nitrogen and oxygen atoms in total. The molecule has 4 unspecified atom stereocenters. The fraction of sp³-hybridized carbons (Fsp3) is 0.415. The number of benzene rings is 3. The lowest BCUT2D eigenvalue weighted by atomic mass is 10.0. The molecule has 5 amide bonds. The third-order valence-corrected chi connectivity index (χ3v) is 8.16. The minimum atomic E-state index is -1.14. The molecule has 3 rings (SSSR count). The highest BCUT2D eigenvalue weighted by atomic mass is 16.6. The number of esters is 1. The molecule has 0 fully saturated rings. The normalized spacial score (nSPS) is 13.1. The van der Waals surface area contributed by atoms with Gasteiger partial charge in [-0.2, -0.15) is 0 Å². The van der Waals surface area contributed by atoms with Crippen LogP contribution in [0.15, 0.2) is 91.0 Å². The monoisotopic (exact) mass is 759 g/mol. The number of amides is 5. The fourth-order valence-corrected chi connectivity index (χ4v) is 5.35. The van der Waals surface area contributed by atoms with Crippen molar-refractivity contribution >= 4 is 35.9 Å². The Labute approximate surface area is 322 Å². The number of carbonyl (C=O) groups is 6. The Kier molecular flexibility index (Phi) is 17.7. The maximum Gasteiger partial charge on any atom is 0.408 e. The molecule has 0 aliphatic carbocycles. The van der Waals surface area contributed by atoms with Crippen LogP contribution in [-0.4, -0.2) is 79.3 Å². The Hall–Kier alpha value is -5.92. The molecule has 0 aliphatic rings. The molecule has 0 spiro atoms. The Bertz CT molecular complexity index is 1680. The molecule has 55 heavy (non-hydrogen) atoms. The van der Waals surface area contributed by atoms with E-state index in [0.717, 1.165) is 16.7 Å². The molecular formula is C41H53N5O9. The Balaban J connectivity index is 1.64. The predicted molar refractivity (Wildman–Crippen MR) is 205 cm³/mol. The topological polar surface area (TPSA) is 190 Å². The second kappa shape index (κ2) is 22.3. The van der Waals surface area contributed by atoms with E-state index < -0.39 is 65.6 Å². The first-order valence-corrected chi connectivity index (χ1v) is 18.2. The van der Waals surface area contributed by atoms with Gasteiger partial charge in [0.2, 0.25) is 17.7 Å². The van der Waals surface area contributed by atoms with Gasteiger partial charge in [-0.3, -0.25) is 14.4 Å². The van der Waals surface area contributed by atoms with Crippen LogP contribution in [0.25, 0.3) is 0 Å². The van der Waals surface area contributed by atoms with Gasteiger partial charge in [-0.05, 0) is 63.6 Å². The lowest BCUT2D eigenvalue weighted by Gasteiger charge is -2.26. The molecule has 0 saturated carbocycles. The van der Waals surface area contributed by atoms with Gasteiger partial charge in [0.05, 0.1) is 7.11 Å². The Morgan fingerprint density at radius 3 is 1.65 bits per heavy atom. The van der Waals surface area contributed by atoms with E-state index in [1.807, 2.05) is 66.7 Å². The maximum atomic E-state index is 13.7. The molecule has 4 atom stereocenters. The molecule has 5 N–H and O–H groups in total. The van der Waals surface area contributed by atoms with Crippen LogP contribution < -0.4 is 26.6 Å². The van der Waals surface area contributed by atoms with Crippen molar-refractivity contribution in [1.29, 1.82) is 0 Å². The first-order chi connectivity index (χ1) is 26.2. The van der Waals surface area contributed by atoms with Crippen LogP contribution in [0.1, 0.15) is 63.6 Å². The summed E-state index contributed by atoms with van der Waals surface area (Å²) in [7, 11) is 1.23. The quantitative estimate of drug-likeness (QED) is 0.0681. The number of hydrogen-bond donors (Lipinski definition) is 5. The Morgan fingerprint density at radius 1 is 0.600 bits per heavy atom. The van der Waals surface area contributed by atoms with E-state index in [2.05, 4.69) is 26.6 Å². The first-order valence-electron chi connectivity index (χ1n) is 18.2. The van der Waals surface area contributed by atoms with Crippen molar-refractivity contribution in [2.24, 2.45) is 0 Å². The maximum absolute atomic E-state index is 13.7. The molecule has 0 radical (unpaired) electrons. The lowest BCUT2D eigenvalue weighted by Crippen LogP contribution is -2.57. The van der Waals surface area contributed by atoms with Gasteiger partial charge in [-0.1, -0.05) is 91.0 Å². The van der Waals surface area contributed by atoms with Crippen LogP contribution in [0.5, 0.6) is 0 Å². The van der Waals surface area contributed by atoms with E-state index in [4.69, 9.17) is 14.2 Å². The number of nitrogens with one attached hydrogen (secondary N) is 5. The molecule has 3 aromatic carbocycles. The van der Waals surface area contributed by atoms with Gasteiger partial charge in [0, 0.05) is 19.4 Å². The van der Waals surface area contributed by atoms with Crippen molar-refractivity contribution in [3.63, 3.8) is 0 Å². The van der Waals surface area contributed by atoms with Crippen LogP contribution in [0.3, 0.4) is 0 Å². The molecule has 0 aromatic heterocycles. The number of rotatable bonds is 19. The Morgan fingerprint density at radius 2 is 1.11 bits per heavy atom. The molecular weight excluding hydrogens is 706 g/mol. The average molecular weight is 760 g/mol. The zero-order chi connectivity index (χ0) is 40.2. The van der Waals surface area contributed by atoms with Crippen LogP contribution in [0.4, 0.5) is 9.59 Å². The van der Waals surface area contributed by atoms with Crippen LogP contribution in [0, 0.1) is 0 Å². The van der Waals surface area contributed by atoms with Crippen molar-refractivity contribution in [3.05, 3.63) is 108 Å². The zero-order valence-electron chi connectivity index (χ0n) is 32.1. The number of hydrogen-bond acceptors (Lipinski definition) is 9. The lowest BCUT2D eigenvalue weighted by molar-refractivity contribution is -0.145. The molecule has 0 bridgehead atoms. The number of carbonyl (C=O) groups excluding carboxylic acids is 6. The average Bonchev–Trinajstić information content (AvgIpc) is 3.16. The summed E-state index contributed by atoms with van der Waals surface area (Å²) in [5, 5.41) is 13.3. The second-order valence-electron chi connectivity index (χ2n) is 13.9. The highest BCUT2D eigenvalue weighted by Gasteiger charge is 2.31. The number of alkyl carbamates (subject to hydrolysis) is 2. The molecule has 0 aliphatic heterocycles. The van der Waals surface area contributed by atoms with Crippen molar-refractivity contribution in [2.75, 3.05) is 13.7 Å². The summed E-state index contributed by atoms with van der Waals surface area (Å²) in [5.41, 5.74) is 1.57. The van der Waals surface area contributed by atoms with Crippen molar-refractivity contribution in [3.8, 4) is 0 Å². The summed E-state index contributed by atoms with van der Waals surface area (Å²) >= 11 is 0. The molecule has 0 saturated heterocycles. The molecule has 14 heteroatoms. The smallest absolute Gasteiger partial charge is 0.408 e. The highest BCUT2D eigenvalue weighted by Crippen LogP contribution is 2.11. The van der Waals surface area contributed by atoms with E-state index in [-0.39, 0.29) is 32.4 Å². The van der Waals surface area contributed by atoms with Gasteiger partial charge >= 0.3 is 18.2 Å². The van der Waals surface area contributed by atoms with E-state index in [1.54, 1.807) is 45.0 Å². The summed E-state index contributed by atoms with van der Waals surface area (Å²) in [6.07, 6.45) is -0.105. The minimum Gasteiger partial charge on any atom is -0.467 e. The molecule has 296 valence electrons. The SMILES string of the molecule is COC(=O)C(Cc1ccccc1)NC(=O)C(Cc1ccccc1)NC(=O)C(C)NC(=O)C(CCCCNC(=O)OCc1ccccc1)NC(=O)OC(C)(C)C. The first kappa shape index (κ1) is 43.5. The van der Waals surface area contributed by atoms with Gasteiger partial charge in [0.15, 0.2) is 0 Å². The van der Waals surface area contributed by atoms with Crippen LogP contribution >= 0.6 is 0 Å². The fourth-order valence-electron chi connectivity index (χ4n) is 5.35. The largest absolute Gasteiger partial charge is 0.467 e. The van der Waals surface area contributed by atoms with Crippen molar-refractivity contribution in [1.82, 2.24) is 26.6 Å². The van der Waals surface area contributed by atoms with E-state index >= 15 is 0 Å². The van der Waals surface area contributed by atoms with Crippen LogP contribution in [-0.2, 0) is 52.8 Å². The predicted octanol–water partition coefficient (Wildman–Crippen LogP) is 4.11. The number of ether oxygens (including phenoxy) is 3. The number of methoxy groups -OCH3 is 1. The number of unbranched alkanes of at least 4 members (excludes halogenated alkanes) is 1. The summed E-state index contributed by atoms with van der Waals surface area (Å²) in [6.45, 7) is 6.91. The van der Waals surface area contributed by atoms with E-state index in [9.17, 15) is 28.8 Å². The molecule has 3 aromatic rings. The van der Waals surface area contributed by atoms with Gasteiger partial charge in [0.1, 0.15) is 36.4 Å². The van der Waals surface area contributed by atoms with Gasteiger partial charge in [0.25, 0.3) is 0 Å². The zero-order valence-corrected chi connectivity index (χ0v) is 32.1.